The Morgan fingerprint density at radius 1 is 1.25 bits per heavy atom. The van der Waals surface area contributed by atoms with Gasteiger partial charge in [-0.3, -0.25) is 5.32 Å². The predicted octanol–water partition coefficient (Wildman–Crippen LogP) is 3.65. The molecule has 4 nitrogen and oxygen atoms in total. The van der Waals surface area contributed by atoms with Gasteiger partial charge in [-0.15, -0.1) is 0 Å². The minimum atomic E-state index is -0.423. The van der Waals surface area contributed by atoms with Gasteiger partial charge in [0.05, 0.1) is 6.61 Å². The van der Waals surface area contributed by atoms with E-state index < -0.39 is 6.09 Å². The number of carbonyl (C=O) groups is 1. The SMILES string of the molecule is NCC1CCCCC1COC(=O)Nc1ccc(Cl)cc1. The maximum Gasteiger partial charge on any atom is 0.411 e. The van der Waals surface area contributed by atoms with Crippen LogP contribution in [0.1, 0.15) is 25.7 Å². The lowest BCUT2D eigenvalue weighted by molar-refractivity contribution is 0.104. The van der Waals surface area contributed by atoms with E-state index in [1.807, 2.05) is 0 Å². The van der Waals surface area contributed by atoms with E-state index in [1.54, 1.807) is 24.3 Å². The number of ether oxygens (including phenoxy) is 1. The number of nitrogens with two attached hydrogens (primary N) is 1. The highest BCUT2D eigenvalue weighted by molar-refractivity contribution is 6.30. The van der Waals surface area contributed by atoms with Gasteiger partial charge in [0.1, 0.15) is 0 Å². The zero-order valence-corrected chi connectivity index (χ0v) is 12.2. The highest BCUT2D eigenvalue weighted by atomic mass is 35.5. The van der Waals surface area contributed by atoms with Crippen molar-refractivity contribution < 1.29 is 9.53 Å². The fraction of sp³-hybridized carbons (Fsp3) is 0.533. The Balaban J connectivity index is 1.78. The van der Waals surface area contributed by atoms with Gasteiger partial charge in [-0.25, -0.2) is 4.79 Å². The maximum absolute atomic E-state index is 11.7. The van der Waals surface area contributed by atoms with Gasteiger partial charge in [-0.05, 0) is 55.5 Å². The van der Waals surface area contributed by atoms with E-state index >= 15 is 0 Å². The van der Waals surface area contributed by atoms with Crippen LogP contribution in [0.4, 0.5) is 10.5 Å². The molecule has 20 heavy (non-hydrogen) atoms. The molecule has 1 aliphatic carbocycles. The average Bonchev–Trinajstić information content (AvgIpc) is 2.48. The molecule has 2 unspecified atom stereocenters. The molecule has 0 aromatic heterocycles. The Morgan fingerprint density at radius 2 is 1.90 bits per heavy atom. The van der Waals surface area contributed by atoms with Crippen molar-refractivity contribution in [1.29, 1.82) is 0 Å². The van der Waals surface area contributed by atoms with Crippen LogP contribution in [0.25, 0.3) is 0 Å². The first-order chi connectivity index (χ1) is 9.69. The van der Waals surface area contributed by atoms with Crippen LogP contribution in [0.5, 0.6) is 0 Å². The second-order valence-corrected chi connectivity index (χ2v) is 5.71. The summed E-state index contributed by atoms with van der Waals surface area (Å²) in [4.78, 5) is 11.7. The van der Waals surface area contributed by atoms with Crippen molar-refractivity contribution in [2.45, 2.75) is 25.7 Å². The number of halogens is 1. The van der Waals surface area contributed by atoms with Crippen molar-refractivity contribution in [1.82, 2.24) is 0 Å². The summed E-state index contributed by atoms with van der Waals surface area (Å²) >= 11 is 5.79. The standard InChI is InChI=1S/C15H21ClN2O2/c16-13-5-7-14(8-6-13)18-15(19)20-10-12-4-2-1-3-11(12)9-17/h5-8,11-12H,1-4,9-10,17H2,(H,18,19). The van der Waals surface area contributed by atoms with Gasteiger partial charge in [0.15, 0.2) is 0 Å². The molecule has 2 atom stereocenters. The van der Waals surface area contributed by atoms with Gasteiger partial charge in [0.25, 0.3) is 0 Å². The average molecular weight is 297 g/mol. The molecule has 0 radical (unpaired) electrons. The van der Waals surface area contributed by atoms with Crippen LogP contribution in [0.2, 0.25) is 5.02 Å². The van der Waals surface area contributed by atoms with Crippen LogP contribution < -0.4 is 11.1 Å². The number of benzene rings is 1. The highest BCUT2D eigenvalue weighted by Gasteiger charge is 2.25. The number of carbonyl (C=O) groups excluding carboxylic acids is 1. The Kier molecular flexibility index (Phi) is 5.68. The molecule has 1 amide bonds. The van der Waals surface area contributed by atoms with Crippen LogP contribution in [0.3, 0.4) is 0 Å². The summed E-state index contributed by atoms with van der Waals surface area (Å²) in [5.41, 5.74) is 6.45. The summed E-state index contributed by atoms with van der Waals surface area (Å²) < 4.78 is 5.31. The van der Waals surface area contributed by atoms with E-state index in [0.717, 1.165) is 12.8 Å². The molecule has 2 rings (SSSR count). The molecule has 0 spiro atoms. The second-order valence-electron chi connectivity index (χ2n) is 5.27. The fourth-order valence-corrected chi connectivity index (χ4v) is 2.81. The van der Waals surface area contributed by atoms with E-state index in [-0.39, 0.29) is 0 Å². The molecular weight excluding hydrogens is 276 g/mol. The van der Waals surface area contributed by atoms with Crippen LogP contribution in [0, 0.1) is 11.8 Å². The lowest BCUT2D eigenvalue weighted by Gasteiger charge is -2.30. The van der Waals surface area contributed by atoms with Gasteiger partial charge in [0.2, 0.25) is 0 Å². The number of amides is 1. The molecule has 5 heteroatoms. The third-order valence-electron chi connectivity index (χ3n) is 3.89. The molecule has 3 N–H and O–H groups in total. The van der Waals surface area contributed by atoms with Crippen molar-refractivity contribution in [3.63, 3.8) is 0 Å². The number of hydrogen-bond acceptors (Lipinski definition) is 3. The van der Waals surface area contributed by atoms with Gasteiger partial charge in [-0.1, -0.05) is 24.4 Å². The number of anilines is 1. The predicted molar refractivity (Wildman–Crippen MR) is 80.9 cm³/mol. The third kappa shape index (κ3) is 4.39. The van der Waals surface area contributed by atoms with E-state index in [4.69, 9.17) is 22.1 Å². The zero-order valence-electron chi connectivity index (χ0n) is 11.5. The molecule has 0 saturated heterocycles. The van der Waals surface area contributed by atoms with Crippen molar-refractivity contribution >= 4 is 23.4 Å². The van der Waals surface area contributed by atoms with Crippen molar-refractivity contribution in [2.75, 3.05) is 18.5 Å². The molecule has 1 saturated carbocycles. The number of hydrogen-bond donors (Lipinski definition) is 2. The van der Waals surface area contributed by atoms with Gasteiger partial charge >= 0.3 is 6.09 Å². The molecule has 1 aliphatic rings. The largest absolute Gasteiger partial charge is 0.449 e. The summed E-state index contributed by atoms with van der Waals surface area (Å²) in [6.07, 6.45) is 4.24. The van der Waals surface area contributed by atoms with Crippen molar-refractivity contribution in [2.24, 2.45) is 17.6 Å². The van der Waals surface area contributed by atoms with E-state index in [2.05, 4.69) is 5.32 Å². The topological polar surface area (TPSA) is 64.3 Å². The van der Waals surface area contributed by atoms with Crippen molar-refractivity contribution in [3.8, 4) is 0 Å². The molecule has 1 aromatic rings. The Bertz CT molecular complexity index is 436. The lowest BCUT2D eigenvalue weighted by atomic mass is 9.80. The molecule has 0 aliphatic heterocycles. The fourth-order valence-electron chi connectivity index (χ4n) is 2.68. The van der Waals surface area contributed by atoms with Gasteiger partial charge in [0, 0.05) is 10.7 Å². The molecule has 110 valence electrons. The third-order valence-corrected chi connectivity index (χ3v) is 4.14. The van der Waals surface area contributed by atoms with Crippen LogP contribution >= 0.6 is 11.6 Å². The van der Waals surface area contributed by atoms with Gasteiger partial charge < -0.3 is 10.5 Å². The summed E-state index contributed by atoms with van der Waals surface area (Å²) in [6, 6.07) is 6.94. The molecular formula is C15H21ClN2O2. The quantitative estimate of drug-likeness (QED) is 0.891. The Hall–Kier alpha value is -1.26. The summed E-state index contributed by atoms with van der Waals surface area (Å²) in [5, 5.41) is 3.33. The summed E-state index contributed by atoms with van der Waals surface area (Å²) in [7, 11) is 0. The molecule has 1 fully saturated rings. The first-order valence-electron chi connectivity index (χ1n) is 7.08. The van der Waals surface area contributed by atoms with E-state index in [0.29, 0.717) is 35.7 Å². The first-order valence-corrected chi connectivity index (χ1v) is 7.46. The minimum Gasteiger partial charge on any atom is -0.449 e. The smallest absolute Gasteiger partial charge is 0.411 e. The zero-order chi connectivity index (χ0) is 14.4. The molecule has 1 aromatic carbocycles. The highest BCUT2D eigenvalue weighted by Crippen LogP contribution is 2.29. The van der Waals surface area contributed by atoms with E-state index in [9.17, 15) is 4.79 Å². The normalized spacial score (nSPS) is 22.3. The molecule has 0 bridgehead atoms. The Labute approximate surface area is 124 Å². The second kappa shape index (κ2) is 7.50. The minimum absolute atomic E-state index is 0.393. The number of rotatable bonds is 4. The summed E-state index contributed by atoms with van der Waals surface area (Å²) in [5.74, 6) is 0.872. The van der Waals surface area contributed by atoms with Crippen LogP contribution in [-0.4, -0.2) is 19.2 Å². The van der Waals surface area contributed by atoms with Crippen molar-refractivity contribution in [3.05, 3.63) is 29.3 Å². The maximum atomic E-state index is 11.7. The monoisotopic (exact) mass is 296 g/mol. The lowest BCUT2D eigenvalue weighted by Crippen LogP contribution is -2.31. The molecule has 0 heterocycles. The Morgan fingerprint density at radius 3 is 2.55 bits per heavy atom. The van der Waals surface area contributed by atoms with E-state index in [1.165, 1.54) is 12.8 Å². The number of nitrogens with one attached hydrogen (secondary N) is 1. The van der Waals surface area contributed by atoms with Gasteiger partial charge in [-0.2, -0.15) is 0 Å². The van der Waals surface area contributed by atoms with Crippen LogP contribution in [-0.2, 0) is 4.74 Å². The summed E-state index contributed by atoms with van der Waals surface area (Å²) in [6.45, 7) is 1.12. The first kappa shape index (κ1) is 15.1. The van der Waals surface area contributed by atoms with Crippen LogP contribution in [0.15, 0.2) is 24.3 Å².